The van der Waals surface area contributed by atoms with Gasteiger partial charge >= 0.3 is 0 Å². The summed E-state index contributed by atoms with van der Waals surface area (Å²) in [6.07, 6.45) is 7.00. The highest BCUT2D eigenvalue weighted by Crippen LogP contribution is 2.34. The van der Waals surface area contributed by atoms with Gasteiger partial charge in [-0.1, -0.05) is 12.1 Å². The van der Waals surface area contributed by atoms with E-state index >= 15 is 0 Å². The Morgan fingerprint density at radius 3 is 2.41 bits per heavy atom. The lowest BCUT2D eigenvalue weighted by Crippen LogP contribution is -2.48. The Bertz CT molecular complexity index is 1170. The van der Waals surface area contributed by atoms with Crippen LogP contribution in [-0.4, -0.2) is 55.0 Å². The number of hydrogen-bond acceptors (Lipinski definition) is 4. The average molecular weight is 462 g/mol. The van der Waals surface area contributed by atoms with Gasteiger partial charge in [0.05, 0.1) is 14.2 Å². The van der Waals surface area contributed by atoms with Gasteiger partial charge < -0.3 is 24.7 Å². The highest BCUT2D eigenvalue weighted by atomic mass is 16.5. The largest absolute Gasteiger partial charge is 0.497 e. The minimum absolute atomic E-state index is 0.0507. The number of aromatic amines is 1. The minimum Gasteiger partial charge on any atom is -0.497 e. The number of fused-ring (bicyclic) bond motifs is 1. The molecule has 1 aromatic heterocycles. The van der Waals surface area contributed by atoms with Crippen molar-refractivity contribution in [3.05, 3.63) is 65.9 Å². The molecule has 3 aromatic rings. The molecule has 0 spiro atoms. The SMILES string of the molecule is COc1ccc(/C=C/C(=O)NC(C)C(=O)N2CCC(c3c[nH]c4ccc(OC)cc34)CC2)cc1. The van der Waals surface area contributed by atoms with Crippen molar-refractivity contribution in [3.63, 3.8) is 0 Å². The molecule has 2 aromatic carbocycles. The van der Waals surface area contributed by atoms with Crippen molar-refractivity contribution in [3.8, 4) is 11.5 Å². The normalized spacial score (nSPS) is 15.4. The molecule has 1 fully saturated rings. The predicted molar refractivity (Wildman–Crippen MR) is 133 cm³/mol. The van der Waals surface area contributed by atoms with Crippen molar-refractivity contribution in [2.75, 3.05) is 27.3 Å². The summed E-state index contributed by atoms with van der Waals surface area (Å²) in [6, 6.07) is 12.9. The Balaban J connectivity index is 1.30. The van der Waals surface area contributed by atoms with Crippen LogP contribution in [0, 0.1) is 0 Å². The Morgan fingerprint density at radius 1 is 1.06 bits per heavy atom. The quantitative estimate of drug-likeness (QED) is 0.519. The van der Waals surface area contributed by atoms with Gasteiger partial charge in [-0.05, 0) is 73.2 Å². The zero-order chi connectivity index (χ0) is 24.1. The van der Waals surface area contributed by atoms with E-state index in [-0.39, 0.29) is 11.8 Å². The third-order valence-electron chi connectivity index (χ3n) is 6.44. The summed E-state index contributed by atoms with van der Waals surface area (Å²) in [7, 11) is 3.28. The predicted octanol–water partition coefficient (Wildman–Crippen LogP) is 4.11. The number of nitrogens with one attached hydrogen (secondary N) is 2. The van der Waals surface area contributed by atoms with Crippen molar-refractivity contribution in [1.82, 2.24) is 15.2 Å². The van der Waals surface area contributed by atoms with Gasteiger partial charge in [0.1, 0.15) is 17.5 Å². The zero-order valence-electron chi connectivity index (χ0n) is 19.8. The van der Waals surface area contributed by atoms with Gasteiger partial charge in [-0.25, -0.2) is 0 Å². The molecule has 7 heteroatoms. The van der Waals surface area contributed by atoms with E-state index in [0.29, 0.717) is 19.0 Å². The van der Waals surface area contributed by atoms with Gasteiger partial charge in [0.15, 0.2) is 0 Å². The number of H-pyrrole nitrogens is 1. The molecule has 0 aliphatic carbocycles. The number of likely N-dealkylation sites (tertiary alicyclic amines) is 1. The number of amides is 2. The van der Waals surface area contributed by atoms with Gasteiger partial charge in [-0.3, -0.25) is 9.59 Å². The fourth-order valence-electron chi connectivity index (χ4n) is 4.48. The Hall–Kier alpha value is -3.74. The van der Waals surface area contributed by atoms with Crippen LogP contribution in [0.25, 0.3) is 17.0 Å². The molecular formula is C27H31N3O4. The summed E-state index contributed by atoms with van der Waals surface area (Å²) in [6.45, 7) is 3.07. The van der Waals surface area contributed by atoms with E-state index in [1.165, 1.54) is 17.0 Å². The number of nitrogens with zero attached hydrogens (tertiary/aromatic N) is 1. The third kappa shape index (κ3) is 5.25. The fraction of sp³-hybridized carbons (Fsp3) is 0.333. The molecule has 34 heavy (non-hydrogen) atoms. The van der Waals surface area contributed by atoms with Gasteiger partial charge in [0.2, 0.25) is 11.8 Å². The minimum atomic E-state index is -0.582. The van der Waals surface area contributed by atoms with Crippen LogP contribution in [0.5, 0.6) is 11.5 Å². The molecule has 1 atom stereocenters. The second-order valence-corrected chi connectivity index (χ2v) is 8.59. The lowest BCUT2D eigenvalue weighted by molar-refractivity contribution is -0.136. The first-order valence-corrected chi connectivity index (χ1v) is 11.5. The van der Waals surface area contributed by atoms with E-state index in [2.05, 4.69) is 22.6 Å². The smallest absolute Gasteiger partial charge is 0.244 e. The average Bonchev–Trinajstić information content (AvgIpc) is 3.30. The van der Waals surface area contributed by atoms with Crippen molar-refractivity contribution in [2.24, 2.45) is 0 Å². The van der Waals surface area contributed by atoms with Crippen LogP contribution in [0.2, 0.25) is 0 Å². The first-order valence-electron chi connectivity index (χ1n) is 11.5. The lowest BCUT2D eigenvalue weighted by Gasteiger charge is -2.33. The van der Waals surface area contributed by atoms with Crippen LogP contribution in [0.4, 0.5) is 0 Å². The van der Waals surface area contributed by atoms with Crippen molar-refractivity contribution in [2.45, 2.75) is 31.7 Å². The lowest BCUT2D eigenvalue weighted by atomic mass is 9.89. The molecule has 0 bridgehead atoms. The maximum Gasteiger partial charge on any atom is 0.244 e. The first-order chi connectivity index (χ1) is 16.5. The number of ether oxygens (including phenoxy) is 2. The molecular weight excluding hydrogens is 430 g/mol. The van der Waals surface area contributed by atoms with E-state index in [1.54, 1.807) is 27.2 Å². The highest BCUT2D eigenvalue weighted by molar-refractivity contribution is 5.95. The van der Waals surface area contributed by atoms with E-state index in [0.717, 1.165) is 35.4 Å². The summed E-state index contributed by atoms with van der Waals surface area (Å²) >= 11 is 0. The first kappa shape index (κ1) is 23.4. The summed E-state index contributed by atoms with van der Waals surface area (Å²) in [5.41, 5.74) is 3.24. The van der Waals surface area contributed by atoms with Crippen LogP contribution < -0.4 is 14.8 Å². The molecule has 2 N–H and O–H groups in total. The summed E-state index contributed by atoms with van der Waals surface area (Å²) in [5.74, 6) is 1.63. The number of aromatic nitrogens is 1. The van der Waals surface area contributed by atoms with Gasteiger partial charge in [-0.15, -0.1) is 0 Å². The fourth-order valence-corrected chi connectivity index (χ4v) is 4.48. The Morgan fingerprint density at radius 2 is 1.74 bits per heavy atom. The van der Waals surface area contributed by atoms with Crippen LogP contribution >= 0.6 is 0 Å². The van der Waals surface area contributed by atoms with Gasteiger partial charge in [-0.2, -0.15) is 0 Å². The van der Waals surface area contributed by atoms with Crippen LogP contribution in [-0.2, 0) is 9.59 Å². The zero-order valence-corrected chi connectivity index (χ0v) is 19.8. The number of piperidine rings is 1. The van der Waals surface area contributed by atoms with E-state index in [4.69, 9.17) is 9.47 Å². The monoisotopic (exact) mass is 461 g/mol. The Kier molecular flexibility index (Phi) is 7.21. The molecule has 1 unspecified atom stereocenters. The molecule has 0 radical (unpaired) electrons. The van der Waals surface area contributed by atoms with Crippen molar-refractivity contribution < 1.29 is 19.1 Å². The van der Waals surface area contributed by atoms with E-state index in [1.807, 2.05) is 41.3 Å². The number of carbonyl (C=O) groups is 2. The van der Waals surface area contributed by atoms with E-state index < -0.39 is 6.04 Å². The Labute approximate surface area is 199 Å². The summed E-state index contributed by atoms with van der Waals surface area (Å²) in [5, 5.41) is 3.96. The standard InChI is InChI=1S/C27H31N3O4/c1-18(29-26(31)11-6-19-4-7-21(33-2)8-5-19)27(32)30-14-12-20(13-15-30)24-17-28-25-10-9-22(34-3)16-23(24)25/h4-11,16-18,20,28H,12-15H2,1-3H3,(H,29,31)/b11-6+. The molecule has 2 heterocycles. The second-order valence-electron chi connectivity index (χ2n) is 8.59. The van der Waals surface area contributed by atoms with E-state index in [9.17, 15) is 9.59 Å². The summed E-state index contributed by atoms with van der Waals surface area (Å²) < 4.78 is 10.5. The maximum atomic E-state index is 12.9. The number of carbonyl (C=O) groups excluding carboxylic acids is 2. The van der Waals surface area contributed by atoms with Crippen LogP contribution in [0.15, 0.2) is 54.7 Å². The van der Waals surface area contributed by atoms with Crippen LogP contribution in [0.1, 0.15) is 36.8 Å². The third-order valence-corrected chi connectivity index (χ3v) is 6.44. The van der Waals surface area contributed by atoms with Crippen molar-refractivity contribution >= 4 is 28.8 Å². The molecule has 178 valence electrons. The van der Waals surface area contributed by atoms with Crippen molar-refractivity contribution in [1.29, 1.82) is 0 Å². The second kappa shape index (κ2) is 10.5. The highest BCUT2D eigenvalue weighted by Gasteiger charge is 2.28. The molecule has 0 saturated carbocycles. The molecule has 1 saturated heterocycles. The molecule has 1 aliphatic heterocycles. The molecule has 7 nitrogen and oxygen atoms in total. The number of benzene rings is 2. The number of methoxy groups -OCH3 is 2. The number of rotatable bonds is 7. The maximum absolute atomic E-state index is 12.9. The summed E-state index contributed by atoms with van der Waals surface area (Å²) in [4.78, 5) is 30.4. The topological polar surface area (TPSA) is 83.7 Å². The van der Waals surface area contributed by atoms with Crippen LogP contribution in [0.3, 0.4) is 0 Å². The number of hydrogen-bond donors (Lipinski definition) is 2. The van der Waals surface area contributed by atoms with Gasteiger partial charge in [0, 0.05) is 36.3 Å². The molecule has 1 aliphatic rings. The molecule has 2 amide bonds. The molecule has 4 rings (SSSR count). The van der Waals surface area contributed by atoms with Gasteiger partial charge in [0.25, 0.3) is 0 Å².